The lowest BCUT2D eigenvalue weighted by molar-refractivity contribution is 0.415. The molecule has 2 heterocycles. The third-order valence-corrected chi connectivity index (χ3v) is 3.61. The van der Waals surface area contributed by atoms with Crippen LogP contribution in [0.15, 0.2) is 30.3 Å². The largest absolute Gasteiger partial charge is 0.497 e. The number of H-pyrrole nitrogens is 1. The minimum absolute atomic E-state index is 0.859. The number of aromatic nitrogens is 2. The van der Waals surface area contributed by atoms with E-state index in [9.17, 15) is 0 Å². The molecule has 0 spiro atoms. The molecule has 0 bridgehead atoms. The van der Waals surface area contributed by atoms with Gasteiger partial charge in [-0.1, -0.05) is 12.1 Å². The van der Waals surface area contributed by atoms with Gasteiger partial charge in [-0.05, 0) is 25.1 Å². The number of nitrogens with zero attached hydrogens (tertiary/aromatic N) is 2. The summed E-state index contributed by atoms with van der Waals surface area (Å²) in [6, 6.07) is 10.1. The summed E-state index contributed by atoms with van der Waals surface area (Å²) >= 11 is 0. The van der Waals surface area contributed by atoms with Crippen molar-refractivity contribution in [1.82, 2.24) is 15.5 Å². The molecule has 3 rings (SSSR count). The van der Waals surface area contributed by atoms with E-state index in [1.165, 1.54) is 0 Å². The lowest BCUT2D eigenvalue weighted by atomic mass is 10.1. The highest BCUT2D eigenvalue weighted by Gasteiger charge is 2.13. The van der Waals surface area contributed by atoms with Gasteiger partial charge in [0.05, 0.1) is 12.8 Å². The molecule has 20 heavy (non-hydrogen) atoms. The number of hydrogen-bond acceptors (Lipinski definition) is 4. The molecule has 2 N–H and O–H groups in total. The van der Waals surface area contributed by atoms with Crippen molar-refractivity contribution in [1.29, 1.82) is 0 Å². The van der Waals surface area contributed by atoms with Crippen LogP contribution in [0.5, 0.6) is 5.75 Å². The molecule has 1 saturated heterocycles. The van der Waals surface area contributed by atoms with Crippen LogP contribution in [0.4, 0.5) is 5.82 Å². The van der Waals surface area contributed by atoms with Gasteiger partial charge in [-0.2, -0.15) is 5.10 Å². The highest BCUT2D eigenvalue weighted by molar-refractivity contribution is 5.64. The van der Waals surface area contributed by atoms with Gasteiger partial charge in [0.25, 0.3) is 0 Å². The molecule has 106 valence electrons. The van der Waals surface area contributed by atoms with Gasteiger partial charge in [-0.3, -0.25) is 5.10 Å². The number of hydrogen-bond donors (Lipinski definition) is 2. The topological polar surface area (TPSA) is 53.2 Å². The van der Waals surface area contributed by atoms with Gasteiger partial charge in [-0.25, -0.2) is 0 Å². The summed E-state index contributed by atoms with van der Waals surface area (Å²) in [7, 11) is 1.68. The maximum Gasteiger partial charge on any atom is 0.151 e. The fourth-order valence-electron chi connectivity index (χ4n) is 2.49. The number of rotatable bonds is 3. The summed E-state index contributed by atoms with van der Waals surface area (Å²) in [6.45, 7) is 4.16. The quantitative estimate of drug-likeness (QED) is 0.896. The average Bonchev–Trinajstić information content (AvgIpc) is 2.83. The van der Waals surface area contributed by atoms with Crippen molar-refractivity contribution in [2.75, 3.05) is 38.2 Å². The van der Waals surface area contributed by atoms with Crippen molar-refractivity contribution in [3.8, 4) is 17.0 Å². The highest BCUT2D eigenvalue weighted by atomic mass is 16.5. The van der Waals surface area contributed by atoms with Crippen molar-refractivity contribution in [3.63, 3.8) is 0 Å². The Hall–Kier alpha value is -2.01. The van der Waals surface area contributed by atoms with Gasteiger partial charge >= 0.3 is 0 Å². The van der Waals surface area contributed by atoms with Crippen LogP contribution in [-0.4, -0.2) is 43.5 Å². The van der Waals surface area contributed by atoms with Crippen LogP contribution in [0, 0.1) is 0 Å². The third kappa shape index (κ3) is 2.77. The molecule has 5 heteroatoms. The summed E-state index contributed by atoms with van der Waals surface area (Å²) in [4.78, 5) is 2.32. The molecule has 0 unspecified atom stereocenters. The van der Waals surface area contributed by atoms with Gasteiger partial charge in [0.2, 0.25) is 0 Å². The zero-order valence-corrected chi connectivity index (χ0v) is 11.7. The maximum absolute atomic E-state index is 5.26. The smallest absolute Gasteiger partial charge is 0.151 e. The van der Waals surface area contributed by atoms with E-state index in [1.54, 1.807) is 7.11 Å². The molecule has 1 fully saturated rings. The first-order valence-corrected chi connectivity index (χ1v) is 7.02. The van der Waals surface area contributed by atoms with Gasteiger partial charge in [0.15, 0.2) is 5.82 Å². The number of nitrogens with one attached hydrogen (secondary N) is 2. The van der Waals surface area contributed by atoms with Crippen molar-refractivity contribution < 1.29 is 4.74 Å². The summed E-state index contributed by atoms with van der Waals surface area (Å²) in [6.07, 6.45) is 1.15. The van der Waals surface area contributed by atoms with Gasteiger partial charge < -0.3 is 15.0 Å². The number of methoxy groups -OCH3 is 1. The minimum Gasteiger partial charge on any atom is -0.497 e. The Morgan fingerprint density at radius 3 is 3.05 bits per heavy atom. The van der Waals surface area contributed by atoms with Crippen LogP contribution in [0.2, 0.25) is 0 Å². The lowest BCUT2D eigenvalue weighted by Crippen LogP contribution is -2.28. The van der Waals surface area contributed by atoms with E-state index in [-0.39, 0.29) is 0 Å². The Bertz CT molecular complexity index is 559. The van der Waals surface area contributed by atoms with Crippen LogP contribution in [0.3, 0.4) is 0 Å². The minimum atomic E-state index is 0.859. The van der Waals surface area contributed by atoms with Crippen LogP contribution in [-0.2, 0) is 0 Å². The second-order valence-corrected chi connectivity index (χ2v) is 4.96. The van der Waals surface area contributed by atoms with E-state index in [2.05, 4.69) is 32.5 Å². The highest BCUT2D eigenvalue weighted by Crippen LogP contribution is 2.25. The second-order valence-electron chi connectivity index (χ2n) is 4.96. The zero-order chi connectivity index (χ0) is 13.8. The Morgan fingerprint density at radius 1 is 1.20 bits per heavy atom. The number of anilines is 1. The van der Waals surface area contributed by atoms with Crippen LogP contribution >= 0.6 is 0 Å². The average molecular weight is 272 g/mol. The molecule has 5 nitrogen and oxygen atoms in total. The van der Waals surface area contributed by atoms with E-state index in [0.29, 0.717) is 0 Å². The predicted molar refractivity (Wildman–Crippen MR) is 80.3 cm³/mol. The molecule has 2 aromatic rings. The molecule has 1 aromatic heterocycles. The fourth-order valence-corrected chi connectivity index (χ4v) is 2.49. The Kier molecular flexibility index (Phi) is 3.87. The first kappa shape index (κ1) is 13.0. The normalized spacial score (nSPS) is 15.9. The van der Waals surface area contributed by atoms with Crippen molar-refractivity contribution in [2.45, 2.75) is 6.42 Å². The molecule has 0 radical (unpaired) electrons. The molecular formula is C15H20N4O. The summed E-state index contributed by atoms with van der Waals surface area (Å²) in [5.41, 5.74) is 2.12. The Balaban J connectivity index is 1.81. The number of benzene rings is 1. The molecular weight excluding hydrogens is 252 g/mol. The molecule has 0 amide bonds. The second kappa shape index (κ2) is 5.96. The van der Waals surface area contributed by atoms with E-state index < -0.39 is 0 Å². The Morgan fingerprint density at radius 2 is 2.15 bits per heavy atom. The van der Waals surface area contributed by atoms with Gasteiger partial charge in [0.1, 0.15) is 5.75 Å². The number of ether oxygens (including phenoxy) is 1. The SMILES string of the molecule is COc1cccc(-c2cc(N3CCCNCC3)n[nH]2)c1. The molecule has 1 aliphatic rings. The Labute approximate surface area is 118 Å². The lowest BCUT2D eigenvalue weighted by Gasteiger charge is -2.18. The first-order chi connectivity index (χ1) is 9.86. The number of aromatic amines is 1. The predicted octanol–water partition coefficient (Wildman–Crippen LogP) is 1.89. The van der Waals surface area contributed by atoms with E-state index in [1.807, 2.05) is 18.2 Å². The van der Waals surface area contributed by atoms with E-state index in [4.69, 9.17) is 4.74 Å². The van der Waals surface area contributed by atoms with Gasteiger partial charge in [0, 0.05) is 31.3 Å². The third-order valence-electron chi connectivity index (χ3n) is 3.61. The van der Waals surface area contributed by atoms with E-state index >= 15 is 0 Å². The zero-order valence-electron chi connectivity index (χ0n) is 11.7. The van der Waals surface area contributed by atoms with Crippen molar-refractivity contribution >= 4 is 5.82 Å². The van der Waals surface area contributed by atoms with Crippen LogP contribution < -0.4 is 15.0 Å². The molecule has 0 aliphatic carbocycles. The van der Waals surface area contributed by atoms with Crippen molar-refractivity contribution in [2.24, 2.45) is 0 Å². The maximum atomic E-state index is 5.26. The van der Waals surface area contributed by atoms with Crippen LogP contribution in [0.25, 0.3) is 11.3 Å². The first-order valence-electron chi connectivity index (χ1n) is 7.02. The monoisotopic (exact) mass is 272 g/mol. The summed E-state index contributed by atoms with van der Waals surface area (Å²) in [5, 5.41) is 11.0. The molecule has 1 aromatic carbocycles. The standard InChI is InChI=1S/C15H20N4O/c1-20-13-5-2-4-12(10-13)14-11-15(18-17-14)19-8-3-6-16-7-9-19/h2,4-5,10-11,16H,3,6-9H2,1H3,(H,17,18). The molecule has 1 aliphatic heterocycles. The van der Waals surface area contributed by atoms with E-state index in [0.717, 1.165) is 55.4 Å². The summed E-state index contributed by atoms with van der Waals surface area (Å²) < 4.78 is 5.26. The van der Waals surface area contributed by atoms with Gasteiger partial charge in [-0.15, -0.1) is 0 Å². The molecule has 0 atom stereocenters. The van der Waals surface area contributed by atoms with Crippen molar-refractivity contribution in [3.05, 3.63) is 30.3 Å². The van der Waals surface area contributed by atoms with Crippen LogP contribution in [0.1, 0.15) is 6.42 Å². The fraction of sp³-hybridized carbons (Fsp3) is 0.400. The molecule has 0 saturated carbocycles. The summed E-state index contributed by atoms with van der Waals surface area (Å²) in [5.74, 6) is 1.88.